The Morgan fingerprint density at radius 1 is 1.27 bits per heavy atom. The van der Waals surface area contributed by atoms with Gasteiger partial charge in [-0.3, -0.25) is 14.4 Å². The van der Waals surface area contributed by atoms with Crippen LogP contribution in [-0.4, -0.2) is 38.7 Å². The highest BCUT2D eigenvalue weighted by Crippen LogP contribution is 2.48. The van der Waals surface area contributed by atoms with Gasteiger partial charge in [0.2, 0.25) is 0 Å². The summed E-state index contributed by atoms with van der Waals surface area (Å²) >= 11 is 0. The second-order valence-corrected chi connectivity index (χ2v) is 6.99. The molecule has 126 valence electrons. The van der Waals surface area contributed by atoms with Gasteiger partial charge in [-0.2, -0.15) is 0 Å². The molecule has 1 rings (SSSR count). The normalized spacial score (nSPS) is 28.7. The highest BCUT2D eigenvalue weighted by atomic mass is 16.6. The zero-order chi connectivity index (χ0) is 17.2. The van der Waals surface area contributed by atoms with Gasteiger partial charge in [-0.05, 0) is 40.0 Å². The zero-order valence-corrected chi connectivity index (χ0v) is 14.3. The Morgan fingerprint density at radius 3 is 2.32 bits per heavy atom. The van der Waals surface area contributed by atoms with Crippen molar-refractivity contribution in [1.82, 2.24) is 0 Å². The fraction of sp³-hybridized carbons (Fsp3) is 0.812. The maximum Gasteiger partial charge on any atom is 0.315 e. The quantitative estimate of drug-likeness (QED) is 0.571. The van der Waals surface area contributed by atoms with Gasteiger partial charge in [0.1, 0.15) is 12.0 Å². The summed E-state index contributed by atoms with van der Waals surface area (Å²) in [6.07, 6.45) is 1.04. The Kier molecular flexibility index (Phi) is 5.25. The Balaban J connectivity index is 3.20. The highest BCUT2D eigenvalue weighted by molar-refractivity contribution is 5.85. The molecule has 2 unspecified atom stereocenters. The number of esters is 3. The van der Waals surface area contributed by atoms with E-state index in [1.165, 1.54) is 14.2 Å². The molecule has 0 aliphatic carbocycles. The van der Waals surface area contributed by atoms with Crippen molar-refractivity contribution in [2.75, 3.05) is 20.8 Å². The Labute approximate surface area is 131 Å². The SMILES string of the molecule is CCC1(C)CC(CC(C)(C)C(=O)OC)(C(=O)OC)COC1=O. The standard InChI is InChI=1S/C16H26O6/c1-7-15(4)9-16(13(19)21-6,10-22-12(15)18)8-14(2,3)11(17)20-5/h7-10H2,1-6H3. The molecule has 0 N–H and O–H groups in total. The van der Waals surface area contributed by atoms with E-state index in [1.54, 1.807) is 20.8 Å². The summed E-state index contributed by atoms with van der Waals surface area (Å²) in [6, 6.07) is 0. The minimum absolute atomic E-state index is 0.0749. The summed E-state index contributed by atoms with van der Waals surface area (Å²) in [5.41, 5.74) is -2.69. The summed E-state index contributed by atoms with van der Waals surface area (Å²) in [7, 11) is 2.61. The van der Waals surface area contributed by atoms with Gasteiger partial charge in [0.25, 0.3) is 0 Å². The summed E-state index contributed by atoms with van der Waals surface area (Å²) in [4.78, 5) is 36.4. The lowest BCUT2D eigenvalue weighted by Crippen LogP contribution is -2.52. The molecule has 1 fully saturated rings. The number of methoxy groups -OCH3 is 2. The summed E-state index contributed by atoms with van der Waals surface area (Å²) in [5.74, 6) is -1.19. The molecule has 0 aromatic heterocycles. The van der Waals surface area contributed by atoms with Crippen LogP contribution in [0.4, 0.5) is 0 Å². The van der Waals surface area contributed by atoms with E-state index >= 15 is 0 Å². The molecule has 1 heterocycles. The van der Waals surface area contributed by atoms with E-state index < -0.39 is 28.2 Å². The molecule has 0 amide bonds. The van der Waals surface area contributed by atoms with Gasteiger partial charge in [-0.15, -0.1) is 0 Å². The van der Waals surface area contributed by atoms with Gasteiger partial charge in [0.05, 0.1) is 25.0 Å². The van der Waals surface area contributed by atoms with E-state index in [0.29, 0.717) is 12.8 Å². The van der Waals surface area contributed by atoms with Crippen molar-refractivity contribution >= 4 is 17.9 Å². The summed E-state index contributed by atoms with van der Waals surface area (Å²) in [6.45, 7) is 7.00. The number of rotatable bonds is 5. The van der Waals surface area contributed by atoms with E-state index in [-0.39, 0.29) is 19.0 Å². The van der Waals surface area contributed by atoms with Crippen LogP contribution < -0.4 is 0 Å². The average molecular weight is 314 g/mol. The Bertz CT molecular complexity index is 469. The minimum atomic E-state index is -1.04. The molecule has 22 heavy (non-hydrogen) atoms. The number of carbonyl (C=O) groups excluding carboxylic acids is 3. The molecule has 0 saturated carbocycles. The summed E-state index contributed by atoms with van der Waals surface area (Å²) < 4.78 is 15.0. The van der Waals surface area contributed by atoms with Crippen LogP contribution in [0.3, 0.4) is 0 Å². The molecule has 6 heteroatoms. The van der Waals surface area contributed by atoms with Crippen LogP contribution in [0.5, 0.6) is 0 Å². The molecule has 0 spiro atoms. The van der Waals surface area contributed by atoms with E-state index in [1.807, 2.05) is 6.92 Å². The van der Waals surface area contributed by atoms with Crippen LogP contribution >= 0.6 is 0 Å². The molecular formula is C16H26O6. The van der Waals surface area contributed by atoms with Gasteiger partial charge >= 0.3 is 17.9 Å². The molecule has 6 nitrogen and oxygen atoms in total. The molecule has 1 aliphatic rings. The molecule has 1 saturated heterocycles. The Hall–Kier alpha value is -1.59. The van der Waals surface area contributed by atoms with Crippen LogP contribution in [0.1, 0.15) is 47.0 Å². The van der Waals surface area contributed by atoms with Crippen molar-refractivity contribution in [3.63, 3.8) is 0 Å². The first-order chi connectivity index (χ1) is 10.1. The van der Waals surface area contributed by atoms with Crippen molar-refractivity contribution in [2.24, 2.45) is 16.2 Å². The first kappa shape index (κ1) is 18.5. The molecule has 1 aliphatic heterocycles. The van der Waals surface area contributed by atoms with E-state index in [2.05, 4.69) is 0 Å². The van der Waals surface area contributed by atoms with Crippen LogP contribution in [0, 0.1) is 16.2 Å². The van der Waals surface area contributed by atoms with Crippen molar-refractivity contribution in [3.8, 4) is 0 Å². The fourth-order valence-corrected chi connectivity index (χ4v) is 3.25. The maximum atomic E-state index is 12.4. The first-order valence-corrected chi connectivity index (χ1v) is 7.41. The molecular weight excluding hydrogens is 288 g/mol. The van der Waals surface area contributed by atoms with Gasteiger partial charge in [0, 0.05) is 0 Å². The van der Waals surface area contributed by atoms with Crippen LogP contribution in [0.2, 0.25) is 0 Å². The lowest BCUT2D eigenvalue weighted by atomic mass is 9.63. The molecule has 2 atom stereocenters. The first-order valence-electron chi connectivity index (χ1n) is 7.41. The minimum Gasteiger partial charge on any atom is -0.469 e. The highest BCUT2D eigenvalue weighted by Gasteiger charge is 2.56. The Morgan fingerprint density at radius 2 is 1.86 bits per heavy atom. The largest absolute Gasteiger partial charge is 0.469 e. The fourth-order valence-electron chi connectivity index (χ4n) is 3.25. The number of ether oxygens (including phenoxy) is 3. The predicted molar refractivity (Wildman–Crippen MR) is 78.8 cm³/mol. The molecule has 0 aromatic carbocycles. The molecule has 0 aromatic rings. The number of carbonyl (C=O) groups is 3. The third-order valence-electron chi connectivity index (χ3n) is 4.62. The van der Waals surface area contributed by atoms with E-state index in [0.717, 1.165) is 0 Å². The number of hydrogen-bond acceptors (Lipinski definition) is 6. The van der Waals surface area contributed by atoms with Gasteiger partial charge in [-0.1, -0.05) is 6.92 Å². The predicted octanol–water partition coefficient (Wildman–Crippen LogP) is 2.10. The average Bonchev–Trinajstić information content (AvgIpc) is 2.48. The second-order valence-electron chi connectivity index (χ2n) is 6.99. The topological polar surface area (TPSA) is 78.9 Å². The van der Waals surface area contributed by atoms with E-state index in [4.69, 9.17) is 14.2 Å². The summed E-state index contributed by atoms with van der Waals surface area (Å²) in [5, 5.41) is 0. The van der Waals surface area contributed by atoms with Crippen LogP contribution in [-0.2, 0) is 28.6 Å². The third kappa shape index (κ3) is 3.25. The van der Waals surface area contributed by atoms with Crippen LogP contribution in [0.25, 0.3) is 0 Å². The molecule has 0 bridgehead atoms. The van der Waals surface area contributed by atoms with Crippen LogP contribution in [0.15, 0.2) is 0 Å². The lowest BCUT2D eigenvalue weighted by Gasteiger charge is -2.44. The third-order valence-corrected chi connectivity index (χ3v) is 4.62. The van der Waals surface area contributed by atoms with Crippen molar-refractivity contribution < 1.29 is 28.6 Å². The van der Waals surface area contributed by atoms with E-state index in [9.17, 15) is 14.4 Å². The number of cyclic esters (lactones) is 1. The van der Waals surface area contributed by atoms with Gasteiger partial charge in [0.15, 0.2) is 0 Å². The maximum absolute atomic E-state index is 12.4. The van der Waals surface area contributed by atoms with Crippen molar-refractivity contribution in [1.29, 1.82) is 0 Å². The lowest BCUT2D eigenvalue weighted by molar-refractivity contribution is -0.188. The van der Waals surface area contributed by atoms with Crippen molar-refractivity contribution in [2.45, 2.75) is 47.0 Å². The monoisotopic (exact) mass is 314 g/mol. The van der Waals surface area contributed by atoms with Gasteiger partial charge in [-0.25, -0.2) is 0 Å². The second kappa shape index (κ2) is 6.26. The zero-order valence-electron chi connectivity index (χ0n) is 14.3. The smallest absolute Gasteiger partial charge is 0.315 e. The van der Waals surface area contributed by atoms with Gasteiger partial charge < -0.3 is 14.2 Å². The number of hydrogen-bond donors (Lipinski definition) is 0. The molecule has 0 radical (unpaired) electrons. The van der Waals surface area contributed by atoms with Crippen molar-refractivity contribution in [3.05, 3.63) is 0 Å².